The van der Waals surface area contributed by atoms with Gasteiger partial charge < -0.3 is 11.1 Å². The molecule has 4 N–H and O–H groups in total. The molecule has 0 saturated carbocycles. The predicted molar refractivity (Wildman–Crippen MR) is 92.8 cm³/mol. The van der Waals surface area contributed by atoms with E-state index in [9.17, 15) is 13.0 Å². The van der Waals surface area contributed by atoms with Gasteiger partial charge in [-0.05, 0) is 30.7 Å². The summed E-state index contributed by atoms with van der Waals surface area (Å²) in [6.07, 6.45) is 1.22. The minimum Gasteiger partial charge on any atom is -0.351 e. The zero-order chi connectivity index (χ0) is 17.0. The number of benzene rings is 1. The zero-order valence-corrected chi connectivity index (χ0v) is 14.9. The van der Waals surface area contributed by atoms with Crippen LogP contribution < -0.4 is 11.1 Å². The van der Waals surface area contributed by atoms with E-state index >= 15 is 0 Å². The summed E-state index contributed by atoms with van der Waals surface area (Å²) >= 11 is 9.47. The first kappa shape index (κ1) is 18.1. The molecular formula is C13H14BrClN4O3S. The monoisotopic (exact) mass is 420 g/mol. The van der Waals surface area contributed by atoms with Crippen molar-refractivity contribution < 1.29 is 13.0 Å². The smallest absolute Gasteiger partial charge is 0.286 e. The molecule has 0 spiro atoms. The average Bonchev–Trinajstić information content (AvgIpc) is 2.47. The van der Waals surface area contributed by atoms with Crippen molar-refractivity contribution in [3.8, 4) is 11.1 Å². The minimum atomic E-state index is -4.35. The number of nitrogens with two attached hydrogens (primary N) is 1. The minimum absolute atomic E-state index is 0.0141. The first-order chi connectivity index (χ1) is 10.8. The second-order valence-electron chi connectivity index (χ2n) is 4.62. The van der Waals surface area contributed by atoms with Gasteiger partial charge in [0, 0.05) is 4.47 Å². The fourth-order valence-corrected chi connectivity index (χ4v) is 3.15. The number of hydrogen-bond donors (Lipinski definition) is 3. The molecule has 0 aliphatic carbocycles. The number of nitrogens with zero attached hydrogens (tertiary/aromatic N) is 2. The van der Waals surface area contributed by atoms with Crippen LogP contribution in [0.15, 0.2) is 35.1 Å². The Morgan fingerprint density at radius 1 is 1.30 bits per heavy atom. The maximum absolute atomic E-state index is 11.5. The van der Waals surface area contributed by atoms with E-state index in [1.807, 2.05) is 12.1 Å². The van der Waals surface area contributed by atoms with E-state index in [2.05, 4.69) is 31.2 Å². The SMILES string of the molecule is NCCC(Nc1ncnc(Cl)c1-c1ccc(Br)cc1)S(=O)(=O)O. The summed E-state index contributed by atoms with van der Waals surface area (Å²) in [5.74, 6) is 0.198. The fraction of sp³-hybridized carbons (Fsp3) is 0.231. The van der Waals surface area contributed by atoms with Gasteiger partial charge in [-0.25, -0.2) is 9.97 Å². The van der Waals surface area contributed by atoms with Crippen LogP contribution in [0.1, 0.15) is 6.42 Å². The molecule has 7 nitrogen and oxygen atoms in total. The second kappa shape index (κ2) is 7.54. The predicted octanol–water partition coefficient (Wildman–Crippen LogP) is 2.53. The lowest BCUT2D eigenvalue weighted by atomic mass is 10.1. The maximum atomic E-state index is 11.5. The van der Waals surface area contributed by atoms with Crippen LogP contribution in [0.5, 0.6) is 0 Å². The van der Waals surface area contributed by atoms with Crippen molar-refractivity contribution in [3.63, 3.8) is 0 Å². The van der Waals surface area contributed by atoms with Crippen LogP contribution in [-0.2, 0) is 10.1 Å². The van der Waals surface area contributed by atoms with Gasteiger partial charge >= 0.3 is 0 Å². The van der Waals surface area contributed by atoms with Crippen molar-refractivity contribution in [1.29, 1.82) is 0 Å². The summed E-state index contributed by atoms with van der Waals surface area (Å²) in [6.45, 7) is 0.0733. The van der Waals surface area contributed by atoms with E-state index in [1.54, 1.807) is 12.1 Å². The third-order valence-corrected chi connectivity index (χ3v) is 4.91. The number of anilines is 1. The molecule has 1 atom stereocenters. The lowest BCUT2D eigenvalue weighted by molar-refractivity contribution is 0.468. The van der Waals surface area contributed by atoms with Crippen LogP contribution >= 0.6 is 27.5 Å². The fourth-order valence-electron chi connectivity index (χ4n) is 1.95. The van der Waals surface area contributed by atoms with Crippen molar-refractivity contribution in [2.24, 2.45) is 5.73 Å². The Morgan fingerprint density at radius 3 is 2.52 bits per heavy atom. The normalized spacial score (nSPS) is 12.9. The van der Waals surface area contributed by atoms with Gasteiger partial charge in [-0.3, -0.25) is 4.55 Å². The highest BCUT2D eigenvalue weighted by molar-refractivity contribution is 9.10. The standard InChI is InChI=1S/C13H14BrClN4O3S/c14-9-3-1-8(2-4-9)11-12(15)17-7-18-13(11)19-10(5-6-16)23(20,21)22/h1-4,7,10H,5-6,16H2,(H,17,18,19)(H,20,21,22). The Balaban J connectivity index is 2.47. The second-order valence-corrected chi connectivity index (χ2v) is 7.49. The first-order valence-corrected chi connectivity index (χ1v) is 9.19. The third-order valence-electron chi connectivity index (χ3n) is 3.02. The highest BCUT2D eigenvalue weighted by Gasteiger charge is 2.24. The molecule has 2 aromatic rings. The summed E-state index contributed by atoms with van der Waals surface area (Å²) in [5.41, 5.74) is 6.53. The van der Waals surface area contributed by atoms with Crippen molar-refractivity contribution >= 4 is 43.5 Å². The summed E-state index contributed by atoms with van der Waals surface area (Å²) in [6, 6.07) is 7.18. The Labute approximate surface area is 147 Å². The molecule has 0 saturated heterocycles. The summed E-state index contributed by atoms with van der Waals surface area (Å²) in [4.78, 5) is 7.96. The molecule has 1 heterocycles. The van der Waals surface area contributed by atoms with Crippen LogP contribution in [0.25, 0.3) is 11.1 Å². The first-order valence-electron chi connectivity index (χ1n) is 6.52. The van der Waals surface area contributed by atoms with Gasteiger partial charge in [-0.2, -0.15) is 8.42 Å². The average molecular weight is 422 g/mol. The number of aromatic nitrogens is 2. The molecule has 0 aliphatic heterocycles. The van der Waals surface area contributed by atoms with E-state index in [4.69, 9.17) is 17.3 Å². The van der Waals surface area contributed by atoms with E-state index in [-0.39, 0.29) is 23.9 Å². The van der Waals surface area contributed by atoms with E-state index in [1.165, 1.54) is 6.33 Å². The van der Waals surface area contributed by atoms with Gasteiger partial charge in [-0.1, -0.05) is 39.7 Å². The molecule has 23 heavy (non-hydrogen) atoms. The Morgan fingerprint density at radius 2 is 1.96 bits per heavy atom. The third kappa shape index (κ3) is 4.61. The topological polar surface area (TPSA) is 118 Å². The molecule has 10 heteroatoms. The van der Waals surface area contributed by atoms with E-state index in [0.29, 0.717) is 11.1 Å². The number of hydrogen-bond acceptors (Lipinski definition) is 6. The largest absolute Gasteiger partial charge is 0.351 e. The van der Waals surface area contributed by atoms with Crippen LogP contribution in [0.4, 0.5) is 5.82 Å². The molecule has 124 valence electrons. The van der Waals surface area contributed by atoms with Crippen molar-refractivity contribution in [1.82, 2.24) is 9.97 Å². The molecule has 1 unspecified atom stereocenters. The van der Waals surface area contributed by atoms with Crippen LogP contribution in [0, 0.1) is 0 Å². The summed E-state index contributed by atoms with van der Waals surface area (Å²) in [5, 5.41) is 1.55. The molecule has 1 aromatic carbocycles. The Bertz CT molecular complexity index is 786. The van der Waals surface area contributed by atoms with Gasteiger partial charge in [0.25, 0.3) is 10.1 Å². The molecule has 0 radical (unpaired) electrons. The number of nitrogens with one attached hydrogen (secondary N) is 1. The number of halogens is 2. The molecule has 0 aliphatic rings. The Hall–Kier alpha value is -1.26. The molecule has 0 fully saturated rings. The van der Waals surface area contributed by atoms with Gasteiger partial charge in [0.15, 0.2) is 5.37 Å². The van der Waals surface area contributed by atoms with E-state index < -0.39 is 15.5 Å². The van der Waals surface area contributed by atoms with Crippen LogP contribution in [0.3, 0.4) is 0 Å². The van der Waals surface area contributed by atoms with Crippen LogP contribution in [-0.4, -0.2) is 34.9 Å². The molecular weight excluding hydrogens is 408 g/mol. The zero-order valence-electron chi connectivity index (χ0n) is 11.8. The molecule has 0 bridgehead atoms. The highest BCUT2D eigenvalue weighted by atomic mass is 79.9. The molecule has 2 rings (SSSR count). The molecule has 1 aromatic heterocycles. The highest BCUT2D eigenvalue weighted by Crippen LogP contribution is 2.33. The summed E-state index contributed by atoms with van der Waals surface area (Å²) < 4.78 is 33.1. The van der Waals surface area contributed by atoms with Gasteiger partial charge in [0.2, 0.25) is 0 Å². The van der Waals surface area contributed by atoms with Gasteiger partial charge in [-0.15, -0.1) is 0 Å². The van der Waals surface area contributed by atoms with Crippen molar-refractivity contribution in [3.05, 3.63) is 40.2 Å². The lowest BCUT2D eigenvalue weighted by Crippen LogP contribution is -2.32. The van der Waals surface area contributed by atoms with Crippen molar-refractivity contribution in [2.45, 2.75) is 11.8 Å². The van der Waals surface area contributed by atoms with E-state index in [0.717, 1.165) is 4.47 Å². The lowest BCUT2D eigenvalue weighted by Gasteiger charge is -2.18. The maximum Gasteiger partial charge on any atom is 0.286 e. The van der Waals surface area contributed by atoms with Crippen molar-refractivity contribution in [2.75, 3.05) is 11.9 Å². The number of rotatable bonds is 6. The molecule has 0 amide bonds. The van der Waals surface area contributed by atoms with Gasteiger partial charge in [0.05, 0.1) is 5.56 Å². The summed E-state index contributed by atoms with van der Waals surface area (Å²) in [7, 11) is -4.35. The Kier molecular flexibility index (Phi) is 5.93. The van der Waals surface area contributed by atoms with Gasteiger partial charge in [0.1, 0.15) is 17.3 Å². The van der Waals surface area contributed by atoms with Crippen LogP contribution in [0.2, 0.25) is 5.15 Å². The quantitative estimate of drug-likeness (QED) is 0.484.